The maximum Gasteiger partial charge on any atom is 0.410 e. The van der Waals surface area contributed by atoms with Gasteiger partial charge in [-0.25, -0.2) is 14.5 Å². The minimum Gasteiger partial charge on any atom is -0.444 e. The lowest BCUT2D eigenvalue weighted by Crippen LogP contribution is -2.41. The number of fused-ring (bicyclic) bond motifs is 1. The molecule has 0 bridgehead atoms. The number of rotatable bonds is 1. The molecule has 0 saturated carbocycles. The van der Waals surface area contributed by atoms with Crippen molar-refractivity contribution in [3.63, 3.8) is 0 Å². The lowest BCUT2D eigenvalue weighted by Gasteiger charge is -2.29. The van der Waals surface area contributed by atoms with Crippen LogP contribution in [0.15, 0.2) is 24.3 Å². The molecule has 1 aromatic heterocycles. The fourth-order valence-electron chi connectivity index (χ4n) is 2.43. The average Bonchev–Trinajstić information content (AvgIpc) is 2.96. The molecule has 7 nitrogen and oxygen atoms in total. The van der Waals surface area contributed by atoms with Gasteiger partial charge in [0.15, 0.2) is 5.82 Å². The zero-order valence-corrected chi connectivity index (χ0v) is 14.0. The van der Waals surface area contributed by atoms with E-state index in [1.165, 1.54) is 0 Å². The van der Waals surface area contributed by atoms with Gasteiger partial charge in [-0.3, -0.25) is 4.90 Å². The van der Waals surface area contributed by atoms with Crippen LogP contribution >= 0.6 is 0 Å². The normalized spacial score (nSPS) is 14.0. The fourth-order valence-corrected chi connectivity index (χ4v) is 2.43. The Bertz CT molecular complexity index is 796. The summed E-state index contributed by atoms with van der Waals surface area (Å²) in [5, 5.41) is 13.3. The Morgan fingerprint density at radius 2 is 1.96 bits per heavy atom. The van der Waals surface area contributed by atoms with Crippen LogP contribution in [0.1, 0.15) is 32.2 Å². The van der Waals surface area contributed by atoms with Crippen LogP contribution in [-0.4, -0.2) is 37.9 Å². The Morgan fingerprint density at radius 3 is 2.58 bits per heavy atom. The molecule has 1 aliphatic heterocycles. The van der Waals surface area contributed by atoms with Crippen molar-refractivity contribution >= 4 is 6.09 Å². The molecule has 1 amide bonds. The molecular formula is C17H19N5O2. The molecule has 0 spiro atoms. The van der Waals surface area contributed by atoms with E-state index in [1.54, 1.807) is 17.0 Å². The summed E-state index contributed by atoms with van der Waals surface area (Å²) in [6.07, 6.45) is -0.336. The number of aromatic nitrogens is 3. The number of nitriles is 1. The number of carbonyl (C=O) groups is 1. The molecule has 3 rings (SSSR count). The van der Waals surface area contributed by atoms with Crippen molar-refractivity contribution in [1.29, 1.82) is 5.26 Å². The number of amides is 1. The molecule has 1 aliphatic rings. The highest BCUT2D eigenvalue weighted by Crippen LogP contribution is 2.20. The molecule has 24 heavy (non-hydrogen) atoms. The molecule has 0 aliphatic carbocycles. The number of nitrogens with zero attached hydrogens (tertiary/aromatic N) is 5. The minimum atomic E-state index is -0.518. The molecule has 0 radical (unpaired) electrons. The molecule has 2 heterocycles. The maximum atomic E-state index is 12.2. The van der Waals surface area contributed by atoms with E-state index in [0.29, 0.717) is 31.0 Å². The molecule has 124 valence electrons. The van der Waals surface area contributed by atoms with Gasteiger partial charge in [0.25, 0.3) is 0 Å². The van der Waals surface area contributed by atoms with Gasteiger partial charge < -0.3 is 4.74 Å². The van der Waals surface area contributed by atoms with Gasteiger partial charge in [0.1, 0.15) is 11.4 Å². The topological polar surface area (TPSA) is 84.0 Å². The molecular weight excluding hydrogens is 306 g/mol. The highest BCUT2D eigenvalue weighted by atomic mass is 16.6. The molecule has 7 heteroatoms. The van der Waals surface area contributed by atoms with Crippen LogP contribution in [0.3, 0.4) is 0 Å². The lowest BCUT2D eigenvalue weighted by atomic mass is 10.1. The van der Waals surface area contributed by atoms with Crippen LogP contribution in [0.25, 0.3) is 11.4 Å². The molecule has 0 atom stereocenters. The summed E-state index contributed by atoms with van der Waals surface area (Å²) in [6.45, 7) is 7.04. The van der Waals surface area contributed by atoms with Gasteiger partial charge in [-0.2, -0.15) is 10.4 Å². The van der Waals surface area contributed by atoms with Crippen LogP contribution in [-0.2, 0) is 17.8 Å². The summed E-state index contributed by atoms with van der Waals surface area (Å²) >= 11 is 0. The van der Waals surface area contributed by atoms with Crippen LogP contribution in [0.5, 0.6) is 0 Å². The van der Waals surface area contributed by atoms with E-state index < -0.39 is 5.60 Å². The SMILES string of the molecule is CC(C)(C)OC(=O)N1CCn2nc(-c3ccc(C#N)cc3)nc2C1. The highest BCUT2D eigenvalue weighted by molar-refractivity contribution is 5.68. The zero-order chi connectivity index (χ0) is 17.3. The number of benzene rings is 1. The first-order chi connectivity index (χ1) is 11.4. The van der Waals surface area contributed by atoms with Crippen LogP contribution < -0.4 is 0 Å². The van der Waals surface area contributed by atoms with Crippen LogP contribution in [0.4, 0.5) is 4.79 Å². The third-order valence-corrected chi connectivity index (χ3v) is 3.59. The van der Waals surface area contributed by atoms with E-state index >= 15 is 0 Å². The van der Waals surface area contributed by atoms with Crippen molar-refractivity contribution in [2.45, 2.75) is 39.5 Å². The van der Waals surface area contributed by atoms with E-state index in [-0.39, 0.29) is 6.09 Å². The Balaban J connectivity index is 1.77. The smallest absolute Gasteiger partial charge is 0.410 e. The largest absolute Gasteiger partial charge is 0.444 e. The van der Waals surface area contributed by atoms with Crippen molar-refractivity contribution in [3.05, 3.63) is 35.7 Å². The molecule has 0 N–H and O–H groups in total. The van der Waals surface area contributed by atoms with Crippen molar-refractivity contribution in [2.75, 3.05) is 6.54 Å². The number of ether oxygens (including phenoxy) is 1. The summed E-state index contributed by atoms with van der Waals surface area (Å²) in [5.74, 6) is 1.33. The quantitative estimate of drug-likeness (QED) is 0.804. The Hall–Kier alpha value is -2.88. The van der Waals surface area contributed by atoms with Gasteiger partial charge >= 0.3 is 6.09 Å². The van der Waals surface area contributed by atoms with E-state index in [0.717, 1.165) is 11.4 Å². The second-order valence-electron chi connectivity index (χ2n) is 6.67. The highest BCUT2D eigenvalue weighted by Gasteiger charge is 2.27. The van der Waals surface area contributed by atoms with Gasteiger partial charge in [0.05, 0.1) is 24.7 Å². The van der Waals surface area contributed by atoms with Gasteiger partial charge in [0.2, 0.25) is 0 Å². The van der Waals surface area contributed by atoms with Gasteiger partial charge in [-0.15, -0.1) is 0 Å². The third kappa shape index (κ3) is 3.38. The van der Waals surface area contributed by atoms with Crippen molar-refractivity contribution < 1.29 is 9.53 Å². The van der Waals surface area contributed by atoms with E-state index in [9.17, 15) is 4.79 Å². The molecule has 2 aromatic rings. The summed E-state index contributed by atoms with van der Waals surface area (Å²) in [5.41, 5.74) is 0.925. The summed E-state index contributed by atoms with van der Waals surface area (Å²) < 4.78 is 7.22. The number of hydrogen-bond acceptors (Lipinski definition) is 5. The second-order valence-corrected chi connectivity index (χ2v) is 6.67. The Labute approximate surface area is 140 Å². The summed E-state index contributed by atoms with van der Waals surface area (Å²) in [7, 11) is 0. The molecule has 0 fully saturated rings. The van der Waals surface area contributed by atoms with Gasteiger partial charge in [0, 0.05) is 12.1 Å². The standard InChI is InChI=1S/C17H19N5O2/c1-17(2,3)24-16(23)21-8-9-22-14(11-21)19-15(20-22)13-6-4-12(10-18)5-7-13/h4-7H,8-9,11H2,1-3H3. The first kappa shape index (κ1) is 16.0. The molecule has 0 saturated heterocycles. The average molecular weight is 325 g/mol. The van der Waals surface area contributed by atoms with Crippen LogP contribution in [0, 0.1) is 11.3 Å². The van der Waals surface area contributed by atoms with Crippen LogP contribution in [0.2, 0.25) is 0 Å². The Morgan fingerprint density at radius 1 is 1.25 bits per heavy atom. The Kier molecular flexibility index (Phi) is 3.97. The maximum absolute atomic E-state index is 12.2. The zero-order valence-electron chi connectivity index (χ0n) is 14.0. The monoisotopic (exact) mass is 325 g/mol. The van der Waals surface area contributed by atoms with Gasteiger partial charge in [-0.1, -0.05) is 0 Å². The first-order valence-corrected chi connectivity index (χ1v) is 7.78. The van der Waals surface area contributed by atoms with E-state index in [1.807, 2.05) is 37.6 Å². The van der Waals surface area contributed by atoms with E-state index in [2.05, 4.69) is 16.2 Å². The number of hydrogen-bond donors (Lipinski definition) is 0. The summed E-state index contributed by atoms with van der Waals surface area (Å²) in [6, 6.07) is 9.21. The van der Waals surface area contributed by atoms with Crippen molar-refractivity contribution in [1.82, 2.24) is 19.7 Å². The predicted molar refractivity (Wildman–Crippen MR) is 86.8 cm³/mol. The summed E-state index contributed by atoms with van der Waals surface area (Å²) in [4.78, 5) is 18.3. The molecule has 1 aromatic carbocycles. The van der Waals surface area contributed by atoms with E-state index in [4.69, 9.17) is 10.00 Å². The second kappa shape index (κ2) is 5.96. The fraction of sp³-hybridized carbons (Fsp3) is 0.412. The van der Waals surface area contributed by atoms with Crippen molar-refractivity contribution in [2.24, 2.45) is 0 Å². The lowest BCUT2D eigenvalue weighted by molar-refractivity contribution is 0.0190. The minimum absolute atomic E-state index is 0.336. The van der Waals surface area contributed by atoms with Gasteiger partial charge in [-0.05, 0) is 45.0 Å². The predicted octanol–water partition coefficient (Wildman–Crippen LogP) is 2.57. The number of carbonyl (C=O) groups excluding carboxylic acids is 1. The third-order valence-electron chi connectivity index (χ3n) is 3.59. The molecule has 0 unspecified atom stereocenters. The first-order valence-electron chi connectivity index (χ1n) is 7.78. The van der Waals surface area contributed by atoms with Crippen molar-refractivity contribution in [3.8, 4) is 17.5 Å².